The Hall–Kier alpha value is -2.86. The summed E-state index contributed by atoms with van der Waals surface area (Å²) in [4.78, 5) is 26.5. The number of anilines is 1. The Bertz CT molecular complexity index is 818. The highest BCUT2D eigenvalue weighted by Gasteiger charge is 2.24. The smallest absolute Gasteiger partial charge is 0.337 e. The number of esters is 1. The molecule has 1 amide bonds. The standard InChI is InChI=1S/C23H28N2O4/c1-28-20-13-9-17(10-14-20)21-6-4-3-5-15-25(21)16-22(26)24-19-11-7-18(8-12-19)23(27)29-2/h7-14,21H,3-6,15-16H2,1-2H3,(H,24,26)/t21-/m0/s1. The van der Waals surface area contributed by atoms with Crippen LogP contribution in [0, 0.1) is 0 Å². The zero-order valence-corrected chi connectivity index (χ0v) is 17.0. The number of nitrogens with one attached hydrogen (secondary N) is 1. The van der Waals surface area contributed by atoms with Gasteiger partial charge in [0, 0.05) is 11.7 Å². The summed E-state index contributed by atoms with van der Waals surface area (Å²) in [6.45, 7) is 1.22. The lowest BCUT2D eigenvalue weighted by atomic mass is 10.0. The topological polar surface area (TPSA) is 67.9 Å². The van der Waals surface area contributed by atoms with Gasteiger partial charge in [-0.25, -0.2) is 4.79 Å². The first-order valence-electron chi connectivity index (χ1n) is 9.97. The molecule has 0 aromatic heterocycles. The number of amides is 1. The number of carbonyl (C=O) groups excluding carboxylic acids is 2. The summed E-state index contributed by atoms with van der Waals surface area (Å²) in [6, 6.07) is 15.1. The van der Waals surface area contributed by atoms with Crippen molar-refractivity contribution in [1.82, 2.24) is 4.90 Å². The average molecular weight is 396 g/mol. The summed E-state index contributed by atoms with van der Waals surface area (Å²) >= 11 is 0. The molecule has 1 aliphatic rings. The van der Waals surface area contributed by atoms with E-state index in [9.17, 15) is 9.59 Å². The number of methoxy groups -OCH3 is 2. The number of benzene rings is 2. The van der Waals surface area contributed by atoms with Gasteiger partial charge in [-0.1, -0.05) is 25.0 Å². The first kappa shape index (κ1) is 20.9. The minimum absolute atomic E-state index is 0.0590. The highest BCUT2D eigenvalue weighted by atomic mass is 16.5. The van der Waals surface area contributed by atoms with E-state index in [0.717, 1.165) is 31.6 Å². The molecule has 6 heteroatoms. The molecule has 2 aromatic carbocycles. The predicted molar refractivity (Wildman–Crippen MR) is 112 cm³/mol. The van der Waals surface area contributed by atoms with E-state index < -0.39 is 5.97 Å². The van der Waals surface area contributed by atoms with Crippen LogP contribution in [0.5, 0.6) is 5.75 Å². The van der Waals surface area contributed by atoms with Gasteiger partial charge in [-0.05, 0) is 61.3 Å². The number of nitrogens with zero attached hydrogens (tertiary/aromatic N) is 1. The van der Waals surface area contributed by atoms with Crippen molar-refractivity contribution in [3.63, 3.8) is 0 Å². The predicted octanol–water partition coefficient (Wildman–Crippen LogP) is 4.04. The Balaban J connectivity index is 1.66. The maximum absolute atomic E-state index is 12.7. The molecule has 0 spiro atoms. The lowest BCUT2D eigenvalue weighted by Crippen LogP contribution is -2.36. The maximum Gasteiger partial charge on any atom is 0.337 e. The Labute approximate surface area is 171 Å². The van der Waals surface area contributed by atoms with Gasteiger partial charge in [0.05, 0.1) is 26.3 Å². The normalized spacial score (nSPS) is 17.2. The van der Waals surface area contributed by atoms with E-state index in [1.54, 1.807) is 31.4 Å². The molecule has 3 rings (SSSR count). The second kappa shape index (κ2) is 10.1. The van der Waals surface area contributed by atoms with Crippen LogP contribution >= 0.6 is 0 Å². The Morgan fingerprint density at radius 2 is 1.72 bits per heavy atom. The van der Waals surface area contributed by atoms with Crippen LogP contribution in [0.4, 0.5) is 5.69 Å². The largest absolute Gasteiger partial charge is 0.497 e. The highest BCUT2D eigenvalue weighted by molar-refractivity contribution is 5.94. The molecule has 2 aromatic rings. The van der Waals surface area contributed by atoms with Crippen molar-refractivity contribution in [1.29, 1.82) is 0 Å². The fraction of sp³-hybridized carbons (Fsp3) is 0.391. The van der Waals surface area contributed by atoms with E-state index in [1.807, 2.05) is 12.1 Å². The van der Waals surface area contributed by atoms with Crippen LogP contribution in [0.3, 0.4) is 0 Å². The lowest BCUT2D eigenvalue weighted by Gasteiger charge is -2.29. The number of ether oxygens (including phenoxy) is 2. The van der Waals surface area contributed by atoms with Crippen molar-refractivity contribution in [3.05, 3.63) is 59.7 Å². The SMILES string of the molecule is COC(=O)c1ccc(NC(=O)CN2CCCCC[C@H]2c2ccc(OC)cc2)cc1. The average Bonchev–Trinajstić information content (AvgIpc) is 2.99. The second-order valence-electron chi connectivity index (χ2n) is 7.23. The van der Waals surface area contributed by atoms with Crippen molar-refractivity contribution in [2.45, 2.75) is 31.7 Å². The third kappa shape index (κ3) is 5.57. The van der Waals surface area contributed by atoms with Gasteiger partial charge >= 0.3 is 5.97 Å². The first-order valence-corrected chi connectivity index (χ1v) is 9.97. The fourth-order valence-corrected chi connectivity index (χ4v) is 3.75. The van der Waals surface area contributed by atoms with Crippen LogP contribution in [0.15, 0.2) is 48.5 Å². The van der Waals surface area contributed by atoms with Gasteiger partial charge in [0.1, 0.15) is 5.75 Å². The molecule has 0 unspecified atom stereocenters. The minimum atomic E-state index is -0.394. The van der Waals surface area contributed by atoms with Crippen LogP contribution in [0.1, 0.15) is 47.6 Å². The van der Waals surface area contributed by atoms with Crippen LogP contribution < -0.4 is 10.1 Å². The van der Waals surface area contributed by atoms with Crippen LogP contribution in [0.2, 0.25) is 0 Å². The molecule has 1 atom stereocenters. The van der Waals surface area contributed by atoms with Crippen molar-refractivity contribution in [2.24, 2.45) is 0 Å². The molecule has 1 fully saturated rings. The monoisotopic (exact) mass is 396 g/mol. The molecular formula is C23H28N2O4. The Morgan fingerprint density at radius 1 is 1.00 bits per heavy atom. The van der Waals surface area contributed by atoms with Gasteiger partial charge in [-0.15, -0.1) is 0 Å². The van der Waals surface area contributed by atoms with Crippen molar-refractivity contribution in [3.8, 4) is 5.75 Å². The quantitative estimate of drug-likeness (QED) is 0.747. The fourth-order valence-electron chi connectivity index (χ4n) is 3.75. The van der Waals surface area contributed by atoms with Crippen LogP contribution in [-0.2, 0) is 9.53 Å². The number of hydrogen-bond acceptors (Lipinski definition) is 5. The third-order valence-corrected chi connectivity index (χ3v) is 5.30. The summed E-state index contributed by atoms with van der Waals surface area (Å²) < 4.78 is 9.96. The van der Waals surface area contributed by atoms with Gasteiger partial charge in [0.15, 0.2) is 0 Å². The zero-order valence-electron chi connectivity index (χ0n) is 17.0. The van der Waals surface area contributed by atoms with Crippen molar-refractivity contribution < 1.29 is 19.1 Å². The van der Waals surface area contributed by atoms with E-state index in [2.05, 4.69) is 22.3 Å². The minimum Gasteiger partial charge on any atom is -0.497 e. The molecule has 6 nitrogen and oxygen atoms in total. The van der Waals surface area contributed by atoms with Gasteiger partial charge in [0.2, 0.25) is 5.91 Å². The summed E-state index contributed by atoms with van der Waals surface area (Å²) in [5.74, 6) is 0.382. The molecule has 29 heavy (non-hydrogen) atoms. The number of likely N-dealkylation sites (tertiary alicyclic amines) is 1. The maximum atomic E-state index is 12.7. The molecule has 0 radical (unpaired) electrons. The van der Waals surface area contributed by atoms with E-state index in [0.29, 0.717) is 17.8 Å². The Kier molecular flexibility index (Phi) is 7.25. The van der Waals surface area contributed by atoms with Gasteiger partial charge in [-0.2, -0.15) is 0 Å². The van der Waals surface area contributed by atoms with Gasteiger partial charge < -0.3 is 14.8 Å². The van der Waals surface area contributed by atoms with Gasteiger partial charge in [0.25, 0.3) is 0 Å². The molecule has 0 saturated carbocycles. The number of hydrogen-bond donors (Lipinski definition) is 1. The Morgan fingerprint density at radius 3 is 2.38 bits per heavy atom. The van der Waals surface area contributed by atoms with Crippen molar-refractivity contribution >= 4 is 17.6 Å². The summed E-state index contributed by atoms with van der Waals surface area (Å²) in [5, 5.41) is 2.93. The van der Waals surface area contributed by atoms with E-state index in [1.165, 1.54) is 19.1 Å². The number of rotatable bonds is 6. The highest BCUT2D eigenvalue weighted by Crippen LogP contribution is 2.31. The van der Waals surface area contributed by atoms with Crippen LogP contribution in [0.25, 0.3) is 0 Å². The second-order valence-corrected chi connectivity index (χ2v) is 7.23. The summed E-state index contributed by atoms with van der Waals surface area (Å²) in [7, 11) is 3.01. The molecule has 154 valence electrons. The zero-order chi connectivity index (χ0) is 20.6. The summed E-state index contributed by atoms with van der Waals surface area (Å²) in [6.07, 6.45) is 4.46. The van der Waals surface area contributed by atoms with E-state index in [4.69, 9.17) is 9.47 Å². The lowest BCUT2D eigenvalue weighted by molar-refractivity contribution is -0.117. The molecule has 1 N–H and O–H groups in total. The molecule has 1 saturated heterocycles. The molecule has 0 bridgehead atoms. The summed E-state index contributed by atoms with van der Waals surface area (Å²) in [5.41, 5.74) is 2.33. The van der Waals surface area contributed by atoms with Gasteiger partial charge in [-0.3, -0.25) is 9.69 Å². The van der Waals surface area contributed by atoms with Crippen LogP contribution in [-0.4, -0.2) is 44.1 Å². The molecule has 0 aliphatic carbocycles. The van der Waals surface area contributed by atoms with Crippen molar-refractivity contribution in [2.75, 3.05) is 32.6 Å². The number of carbonyl (C=O) groups is 2. The van der Waals surface area contributed by atoms with E-state index in [-0.39, 0.29) is 11.9 Å². The molecular weight excluding hydrogens is 368 g/mol. The molecule has 1 aliphatic heterocycles. The molecule has 1 heterocycles. The third-order valence-electron chi connectivity index (χ3n) is 5.30. The van der Waals surface area contributed by atoms with E-state index >= 15 is 0 Å². The first-order chi connectivity index (χ1) is 14.1.